The van der Waals surface area contributed by atoms with E-state index in [0.717, 1.165) is 25.2 Å². The summed E-state index contributed by atoms with van der Waals surface area (Å²) in [7, 11) is 0. The van der Waals surface area contributed by atoms with Gasteiger partial charge in [0.1, 0.15) is 0 Å². The van der Waals surface area contributed by atoms with Crippen molar-refractivity contribution in [3.8, 4) is 6.07 Å². The van der Waals surface area contributed by atoms with E-state index in [-0.39, 0.29) is 5.41 Å². The molecule has 0 spiro atoms. The Kier molecular flexibility index (Phi) is 3.40. The van der Waals surface area contributed by atoms with Crippen molar-refractivity contribution in [3.63, 3.8) is 0 Å². The molecule has 0 saturated heterocycles. The van der Waals surface area contributed by atoms with Gasteiger partial charge in [-0.3, -0.25) is 0 Å². The Morgan fingerprint density at radius 3 is 2.50 bits per heavy atom. The van der Waals surface area contributed by atoms with E-state index in [4.69, 9.17) is 16.9 Å². The van der Waals surface area contributed by atoms with Crippen molar-refractivity contribution in [1.29, 1.82) is 5.26 Å². The summed E-state index contributed by atoms with van der Waals surface area (Å²) in [5, 5.41) is 9.05. The third-order valence-corrected chi connectivity index (χ3v) is 3.23. The molecule has 1 rings (SSSR count). The minimum absolute atomic E-state index is 0.0751. The van der Waals surface area contributed by atoms with Gasteiger partial charge in [-0.15, -0.1) is 11.6 Å². The number of nitriles is 1. The molecule has 0 aliphatic heterocycles. The smallest absolute Gasteiger partial charge is 0.0690 e. The monoisotopic (exact) mass is 185 g/mol. The average molecular weight is 186 g/mol. The first kappa shape index (κ1) is 9.86. The van der Waals surface area contributed by atoms with Crippen molar-refractivity contribution in [2.24, 2.45) is 11.3 Å². The van der Waals surface area contributed by atoms with Crippen LogP contribution in [0.25, 0.3) is 0 Å². The maximum Gasteiger partial charge on any atom is 0.0690 e. The van der Waals surface area contributed by atoms with Gasteiger partial charge in [0.25, 0.3) is 0 Å². The van der Waals surface area contributed by atoms with Crippen LogP contribution in [0.15, 0.2) is 0 Å². The molecule has 0 atom stereocenters. The molecule has 1 nitrogen and oxygen atoms in total. The first-order valence-electron chi connectivity index (χ1n) is 4.70. The first-order chi connectivity index (χ1) is 5.72. The topological polar surface area (TPSA) is 23.8 Å². The van der Waals surface area contributed by atoms with E-state index in [1.54, 1.807) is 0 Å². The molecule has 1 aliphatic rings. The van der Waals surface area contributed by atoms with Crippen molar-refractivity contribution in [1.82, 2.24) is 0 Å². The van der Waals surface area contributed by atoms with Crippen molar-refractivity contribution in [2.75, 3.05) is 5.88 Å². The fraction of sp³-hybridized carbons (Fsp3) is 0.900. The van der Waals surface area contributed by atoms with Crippen LogP contribution in [-0.2, 0) is 0 Å². The zero-order valence-electron chi connectivity index (χ0n) is 7.65. The fourth-order valence-corrected chi connectivity index (χ4v) is 2.28. The maximum atomic E-state index is 9.05. The standard InChI is InChI=1S/C10H16ClN/c1-9-2-4-10(8-12,5-3-9)6-7-11/h9H,2-7H2,1H3. The number of rotatable bonds is 2. The lowest BCUT2D eigenvalue weighted by Crippen LogP contribution is -2.25. The highest BCUT2D eigenvalue weighted by Crippen LogP contribution is 2.40. The molecule has 12 heavy (non-hydrogen) atoms. The molecule has 2 heteroatoms. The van der Waals surface area contributed by atoms with Gasteiger partial charge in [-0.05, 0) is 38.0 Å². The molecule has 68 valence electrons. The van der Waals surface area contributed by atoms with E-state index in [1.165, 1.54) is 12.8 Å². The van der Waals surface area contributed by atoms with E-state index in [1.807, 2.05) is 0 Å². The fourth-order valence-electron chi connectivity index (χ4n) is 1.91. The number of nitrogens with zero attached hydrogens (tertiary/aromatic N) is 1. The number of hydrogen-bond acceptors (Lipinski definition) is 1. The molecule has 0 aromatic carbocycles. The highest BCUT2D eigenvalue weighted by molar-refractivity contribution is 6.17. The molecule has 0 bridgehead atoms. The van der Waals surface area contributed by atoms with Gasteiger partial charge < -0.3 is 0 Å². The Balaban J connectivity index is 2.52. The Hall–Kier alpha value is -0.220. The Labute approximate surface area is 79.7 Å². The van der Waals surface area contributed by atoms with Crippen molar-refractivity contribution >= 4 is 11.6 Å². The summed E-state index contributed by atoms with van der Waals surface area (Å²) in [4.78, 5) is 0. The summed E-state index contributed by atoms with van der Waals surface area (Å²) in [6, 6.07) is 2.45. The predicted molar refractivity (Wildman–Crippen MR) is 51.0 cm³/mol. The highest BCUT2D eigenvalue weighted by Gasteiger charge is 2.33. The Bertz CT molecular complexity index is 175. The summed E-state index contributed by atoms with van der Waals surface area (Å²) in [5.41, 5.74) is -0.0751. The zero-order chi connectivity index (χ0) is 9.03. The molecule has 0 N–H and O–H groups in total. The van der Waals surface area contributed by atoms with Crippen LogP contribution in [0.3, 0.4) is 0 Å². The van der Waals surface area contributed by atoms with E-state index in [0.29, 0.717) is 5.88 Å². The van der Waals surface area contributed by atoms with Crippen LogP contribution >= 0.6 is 11.6 Å². The third kappa shape index (κ3) is 2.14. The zero-order valence-corrected chi connectivity index (χ0v) is 8.40. The number of hydrogen-bond donors (Lipinski definition) is 0. The normalized spacial score (nSPS) is 35.9. The lowest BCUT2D eigenvalue weighted by atomic mass is 9.70. The average Bonchev–Trinajstić information content (AvgIpc) is 2.10. The summed E-state index contributed by atoms with van der Waals surface area (Å²) in [5.74, 6) is 1.43. The van der Waals surface area contributed by atoms with Gasteiger partial charge in [-0.25, -0.2) is 0 Å². The summed E-state index contributed by atoms with van der Waals surface area (Å²) >= 11 is 5.69. The van der Waals surface area contributed by atoms with E-state index >= 15 is 0 Å². The Morgan fingerprint density at radius 2 is 2.08 bits per heavy atom. The molecular formula is C10H16ClN. The van der Waals surface area contributed by atoms with Crippen molar-refractivity contribution in [2.45, 2.75) is 39.0 Å². The predicted octanol–water partition coefficient (Wildman–Crippen LogP) is 3.34. The lowest BCUT2D eigenvalue weighted by molar-refractivity contribution is 0.214. The maximum absolute atomic E-state index is 9.05. The summed E-state index contributed by atoms with van der Waals surface area (Å²) in [6.45, 7) is 2.27. The van der Waals surface area contributed by atoms with Crippen LogP contribution in [0.2, 0.25) is 0 Å². The molecule has 0 heterocycles. The van der Waals surface area contributed by atoms with Gasteiger partial charge >= 0.3 is 0 Å². The van der Waals surface area contributed by atoms with E-state index in [9.17, 15) is 0 Å². The molecule has 0 amide bonds. The molecule has 0 aromatic heterocycles. The van der Waals surface area contributed by atoms with Gasteiger partial charge in [0.05, 0.1) is 11.5 Å². The molecule has 0 radical (unpaired) electrons. The molecule has 0 aromatic rings. The van der Waals surface area contributed by atoms with Crippen LogP contribution < -0.4 is 0 Å². The lowest BCUT2D eigenvalue weighted by Gasteiger charge is -2.33. The van der Waals surface area contributed by atoms with Crippen LogP contribution in [0.5, 0.6) is 0 Å². The number of halogens is 1. The van der Waals surface area contributed by atoms with Crippen molar-refractivity contribution < 1.29 is 0 Å². The first-order valence-corrected chi connectivity index (χ1v) is 5.23. The molecule has 1 saturated carbocycles. The van der Waals surface area contributed by atoms with E-state index in [2.05, 4.69) is 13.0 Å². The van der Waals surface area contributed by atoms with Gasteiger partial charge in [-0.1, -0.05) is 6.92 Å². The quantitative estimate of drug-likeness (QED) is 0.606. The molecule has 1 fully saturated rings. The second kappa shape index (κ2) is 4.14. The van der Waals surface area contributed by atoms with Crippen LogP contribution in [-0.4, -0.2) is 5.88 Å². The Morgan fingerprint density at radius 1 is 1.50 bits per heavy atom. The summed E-state index contributed by atoms with van der Waals surface area (Å²) < 4.78 is 0. The molecule has 0 unspecified atom stereocenters. The van der Waals surface area contributed by atoms with Crippen LogP contribution in [0.1, 0.15) is 39.0 Å². The minimum atomic E-state index is -0.0751. The van der Waals surface area contributed by atoms with Gasteiger partial charge in [0, 0.05) is 5.88 Å². The summed E-state index contributed by atoms with van der Waals surface area (Å²) in [6.07, 6.45) is 5.38. The van der Waals surface area contributed by atoms with Gasteiger partial charge in [0.2, 0.25) is 0 Å². The minimum Gasteiger partial charge on any atom is -0.198 e. The van der Waals surface area contributed by atoms with Crippen molar-refractivity contribution in [3.05, 3.63) is 0 Å². The molecule has 1 aliphatic carbocycles. The third-order valence-electron chi connectivity index (χ3n) is 3.04. The highest BCUT2D eigenvalue weighted by atomic mass is 35.5. The van der Waals surface area contributed by atoms with Gasteiger partial charge in [-0.2, -0.15) is 5.26 Å². The van der Waals surface area contributed by atoms with Crippen LogP contribution in [0.4, 0.5) is 0 Å². The van der Waals surface area contributed by atoms with Gasteiger partial charge in [0.15, 0.2) is 0 Å². The largest absolute Gasteiger partial charge is 0.198 e. The SMILES string of the molecule is CC1CCC(C#N)(CCCl)CC1. The van der Waals surface area contributed by atoms with Crippen LogP contribution in [0, 0.1) is 22.7 Å². The second-order valence-corrected chi connectivity index (χ2v) is 4.39. The second-order valence-electron chi connectivity index (χ2n) is 4.01. The molecular weight excluding hydrogens is 170 g/mol. The van der Waals surface area contributed by atoms with E-state index < -0.39 is 0 Å². The number of alkyl halides is 1.